The Morgan fingerprint density at radius 1 is 1.38 bits per heavy atom. The normalized spacial score (nSPS) is 11.0. The first-order valence-corrected chi connectivity index (χ1v) is 7.24. The zero-order valence-electron chi connectivity index (χ0n) is 11.2. The minimum absolute atomic E-state index is 0.00750. The summed E-state index contributed by atoms with van der Waals surface area (Å²) in [4.78, 5) is 14.8. The summed E-state index contributed by atoms with van der Waals surface area (Å²) in [6.45, 7) is 1.31. The average Bonchev–Trinajstić information content (AvgIpc) is 2.90. The number of nitrogens with one attached hydrogen (secondary N) is 3. The van der Waals surface area contributed by atoms with E-state index in [4.69, 9.17) is 4.74 Å². The second-order valence-electron chi connectivity index (χ2n) is 3.98. The molecule has 0 bridgehead atoms. The molecule has 0 radical (unpaired) electrons. The maximum absolute atomic E-state index is 12.2. The van der Waals surface area contributed by atoms with Gasteiger partial charge in [0.15, 0.2) is 0 Å². The molecule has 0 atom stereocenters. The Bertz CT molecular complexity index is 742. The molecule has 1 amide bonds. The summed E-state index contributed by atoms with van der Waals surface area (Å²) in [6.07, 6.45) is 1.18. The van der Waals surface area contributed by atoms with E-state index in [0.29, 0.717) is 5.75 Å². The standard InChI is InChI=1S/C11H13N5O4S/c1-7(17)14-9-5-8(3-4-10(9)20-2)21(18,19)16-11-12-6-13-15-11/h3-6H,1-2H3,(H,14,17)(H2,12,13,15,16). The third-order valence-electron chi connectivity index (χ3n) is 2.44. The van der Waals surface area contributed by atoms with E-state index in [9.17, 15) is 13.2 Å². The van der Waals surface area contributed by atoms with Gasteiger partial charge < -0.3 is 10.1 Å². The monoisotopic (exact) mass is 311 g/mol. The summed E-state index contributed by atoms with van der Waals surface area (Å²) < 4.78 is 31.7. The number of benzene rings is 1. The van der Waals surface area contributed by atoms with Crippen LogP contribution in [-0.2, 0) is 14.8 Å². The largest absolute Gasteiger partial charge is 0.495 e. The highest BCUT2D eigenvalue weighted by molar-refractivity contribution is 7.92. The zero-order chi connectivity index (χ0) is 15.5. The fourth-order valence-electron chi connectivity index (χ4n) is 1.58. The molecule has 0 unspecified atom stereocenters. The molecule has 0 saturated heterocycles. The third-order valence-corrected chi connectivity index (χ3v) is 3.77. The molecule has 9 nitrogen and oxygen atoms in total. The molecule has 2 rings (SSSR count). The van der Waals surface area contributed by atoms with Gasteiger partial charge in [-0.25, -0.2) is 18.2 Å². The number of anilines is 2. The molecular weight excluding hydrogens is 298 g/mol. The molecule has 0 spiro atoms. The molecule has 1 aromatic carbocycles. The number of H-pyrrole nitrogens is 1. The number of carbonyl (C=O) groups excluding carboxylic acids is 1. The molecule has 1 heterocycles. The highest BCUT2D eigenvalue weighted by atomic mass is 32.2. The van der Waals surface area contributed by atoms with E-state index < -0.39 is 10.0 Å². The second-order valence-corrected chi connectivity index (χ2v) is 5.67. The van der Waals surface area contributed by atoms with Crippen molar-refractivity contribution in [2.75, 3.05) is 17.1 Å². The molecule has 10 heteroatoms. The fourth-order valence-corrected chi connectivity index (χ4v) is 2.57. The molecule has 1 aromatic heterocycles. The molecule has 0 aliphatic heterocycles. The molecule has 21 heavy (non-hydrogen) atoms. The minimum Gasteiger partial charge on any atom is -0.495 e. The van der Waals surface area contributed by atoms with Crippen molar-refractivity contribution in [3.8, 4) is 5.75 Å². The molecule has 0 aliphatic carbocycles. The van der Waals surface area contributed by atoms with E-state index in [0.717, 1.165) is 0 Å². The van der Waals surface area contributed by atoms with Crippen LogP contribution in [-0.4, -0.2) is 36.6 Å². The van der Waals surface area contributed by atoms with E-state index in [1.807, 2.05) is 0 Å². The first kappa shape index (κ1) is 14.8. The lowest BCUT2D eigenvalue weighted by Gasteiger charge is -2.11. The second kappa shape index (κ2) is 5.79. The van der Waals surface area contributed by atoms with Crippen LogP contribution in [0.1, 0.15) is 6.92 Å². The molecule has 0 saturated carbocycles. The summed E-state index contributed by atoms with van der Waals surface area (Å²) in [5.41, 5.74) is 0.255. The number of aromatic amines is 1. The fraction of sp³-hybridized carbons (Fsp3) is 0.182. The number of sulfonamides is 1. The quantitative estimate of drug-likeness (QED) is 0.741. The van der Waals surface area contributed by atoms with E-state index in [1.165, 1.54) is 38.6 Å². The van der Waals surface area contributed by atoms with Crippen LogP contribution in [0, 0.1) is 0 Å². The third kappa shape index (κ3) is 3.48. The first-order chi connectivity index (χ1) is 9.92. The van der Waals surface area contributed by atoms with Gasteiger partial charge in [0, 0.05) is 6.92 Å². The Balaban J connectivity index is 2.37. The van der Waals surface area contributed by atoms with Gasteiger partial charge in [-0.15, -0.1) is 0 Å². The summed E-state index contributed by atoms with van der Waals surface area (Å²) >= 11 is 0. The van der Waals surface area contributed by atoms with E-state index in [-0.39, 0.29) is 22.4 Å². The lowest BCUT2D eigenvalue weighted by molar-refractivity contribution is -0.114. The Kier molecular flexibility index (Phi) is 4.08. The van der Waals surface area contributed by atoms with Crippen LogP contribution in [0.3, 0.4) is 0 Å². The number of carbonyl (C=O) groups is 1. The van der Waals surface area contributed by atoms with Gasteiger partial charge in [0.2, 0.25) is 11.9 Å². The highest BCUT2D eigenvalue weighted by Gasteiger charge is 2.18. The SMILES string of the molecule is COc1ccc(S(=O)(=O)Nc2ncn[nH]2)cc1NC(C)=O. The smallest absolute Gasteiger partial charge is 0.264 e. The number of aromatic nitrogens is 3. The Morgan fingerprint density at radius 3 is 2.71 bits per heavy atom. The van der Waals surface area contributed by atoms with Crippen LogP contribution in [0.25, 0.3) is 0 Å². The highest BCUT2D eigenvalue weighted by Crippen LogP contribution is 2.28. The lowest BCUT2D eigenvalue weighted by atomic mass is 10.3. The maximum Gasteiger partial charge on any atom is 0.264 e. The van der Waals surface area contributed by atoms with Crippen LogP contribution in [0.5, 0.6) is 5.75 Å². The zero-order valence-corrected chi connectivity index (χ0v) is 12.1. The van der Waals surface area contributed by atoms with Crippen molar-refractivity contribution in [3.05, 3.63) is 24.5 Å². The number of amides is 1. The Labute approximate surface area is 120 Å². The van der Waals surface area contributed by atoms with Crippen LogP contribution < -0.4 is 14.8 Å². The first-order valence-electron chi connectivity index (χ1n) is 5.76. The van der Waals surface area contributed by atoms with Gasteiger partial charge in [-0.2, -0.15) is 10.1 Å². The molecule has 0 aliphatic rings. The van der Waals surface area contributed by atoms with Gasteiger partial charge in [0.1, 0.15) is 12.1 Å². The average molecular weight is 311 g/mol. The van der Waals surface area contributed by atoms with E-state index >= 15 is 0 Å². The van der Waals surface area contributed by atoms with Crippen molar-refractivity contribution in [2.24, 2.45) is 0 Å². The number of ether oxygens (including phenoxy) is 1. The van der Waals surface area contributed by atoms with Crippen LogP contribution in [0.2, 0.25) is 0 Å². The van der Waals surface area contributed by atoms with Crippen LogP contribution >= 0.6 is 0 Å². The van der Waals surface area contributed by atoms with Crippen molar-refractivity contribution in [1.82, 2.24) is 15.2 Å². The molecule has 112 valence electrons. The van der Waals surface area contributed by atoms with E-state index in [1.54, 1.807) is 0 Å². The summed E-state index contributed by atoms with van der Waals surface area (Å²) in [5.74, 6) is 0.00162. The van der Waals surface area contributed by atoms with Crippen LogP contribution in [0.4, 0.5) is 11.6 Å². The van der Waals surface area contributed by atoms with Crippen molar-refractivity contribution in [3.63, 3.8) is 0 Å². The predicted molar refractivity (Wildman–Crippen MR) is 74.5 cm³/mol. The topological polar surface area (TPSA) is 126 Å². The Hall–Kier alpha value is -2.62. The molecule has 3 N–H and O–H groups in total. The summed E-state index contributed by atoms with van der Waals surface area (Å²) in [7, 11) is -2.44. The number of hydrogen-bond donors (Lipinski definition) is 3. The van der Waals surface area contributed by atoms with Gasteiger partial charge in [-0.05, 0) is 18.2 Å². The van der Waals surface area contributed by atoms with Crippen molar-refractivity contribution in [1.29, 1.82) is 0 Å². The minimum atomic E-state index is -3.86. The van der Waals surface area contributed by atoms with Gasteiger partial charge in [-0.3, -0.25) is 4.79 Å². The van der Waals surface area contributed by atoms with Gasteiger partial charge in [0.05, 0.1) is 17.7 Å². The van der Waals surface area contributed by atoms with Gasteiger partial charge in [-0.1, -0.05) is 0 Å². The van der Waals surface area contributed by atoms with Crippen molar-refractivity contribution in [2.45, 2.75) is 11.8 Å². The van der Waals surface area contributed by atoms with E-state index in [2.05, 4.69) is 25.2 Å². The van der Waals surface area contributed by atoms with Gasteiger partial charge >= 0.3 is 0 Å². The Morgan fingerprint density at radius 2 is 2.14 bits per heavy atom. The van der Waals surface area contributed by atoms with Crippen molar-refractivity contribution >= 4 is 27.6 Å². The number of methoxy groups -OCH3 is 1. The number of hydrogen-bond acceptors (Lipinski definition) is 6. The number of nitrogens with zero attached hydrogens (tertiary/aromatic N) is 2. The van der Waals surface area contributed by atoms with Crippen molar-refractivity contribution < 1.29 is 17.9 Å². The number of rotatable bonds is 5. The molecular formula is C11H13N5O4S. The summed E-state index contributed by atoms with van der Waals surface area (Å²) in [6, 6.07) is 4.09. The molecule has 2 aromatic rings. The van der Waals surface area contributed by atoms with Gasteiger partial charge in [0.25, 0.3) is 10.0 Å². The molecule has 0 fully saturated rings. The summed E-state index contributed by atoms with van der Waals surface area (Å²) in [5, 5.41) is 8.43. The lowest BCUT2D eigenvalue weighted by Crippen LogP contribution is -2.15. The van der Waals surface area contributed by atoms with Crippen LogP contribution in [0.15, 0.2) is 29.4 Å². The predicted octanol–water partition coefficient (Wildman–Crippen LogP) is 0.572. The maximum atomic E-state index is 12.2.